The van der Waals surface area contributed by atoms with Gasteiger partial charge >= 0.3 is 0 Å². The maximum Gasteiger partial charge on any atom is 0.253 e. The van der Waals surface area contributed by atoms with Crippen LogP contribution in [0.3, 0.4) is 0 Å². The summed E-state index contributed by atoms with van der Waals surface area (Å²) in [6.07, 6.45) is 2.09. The lowest BCUT2D eigenvalue weighted by molar-refractivity contribution is 0.00305. The summed E-state index contributed by atoms with van der Waals surface area (Å²) < 4.78 is 1.61. The van der Waals surface area contributed by atoms with E-state index in [9.17, 15) is 9.90 Å². The van der Waals surface area contributed by atoms with Crippen LogP contribution in [0.15, 0.2) is 24.3 Å². The number of benzene rings is 1. The molecule has 1 aliphatic heterocycles. The third-order valence-corrected chi connectivity index (χ3v) is 4.78. The van der Waals surface area contributed by atoms with Crippen molar-refractivity contribution < 1.29 is 9.90 Å². The zero-order chi connectivity index (χ0) is 18.7. The number of rotatable bonds is 4. The summed E-state index contributed by atoms with van der Waals surface area (Å²) in [5.41, 5.74) is 0.636. The van der Waals surface area contributed by atoms with Gasteiger partial charge in [-0.05, 0) is 68.9 Å². The molecule has 0 spiro atoms. The molecule has 1 aromatic heterocycles. The molecule has 0 radical (unpaired) electrons. The van der Waals surface area contributed by atoms with Gasteiger partial charge in [0.1, 0.15) is 0 Å². The summed E-state index contributed by atoms with van der Waals surface area (Å²) in [6, 6.07) is 7.33. The van der Waals surface area contributed by atoms with E-state index in [0.717, 1.165) is 12.1 Å². The number of aromatic nitrogens is 4. The Morgan fingerprint density at radius 1 is 1.31 bits per heavy atom. The minimum atomic E-state index is -0.732. The Hall–Kier alpha value is -2.32. The summed E-state index contributed by atoms with van der Waals surface area (Å²) in [6.45, 7) is 3.64. The summed E-state index contributed by atoms with van der Waals surface area (Å²) in [4.78, 5) is 16.8. The molecule has 1 aliphatic rings. The van der Waals surface area contributed by atoms with E-state index in [2.05, 4.69) is 15.5 Å². The fourth-order valence-electron chi connectivity index (χ4n) is 3.55. The molecule has 1 unspecified atom stereocenters. The first kappa shape index (κ1) is 18.5. The van der Waals surface area contributed by atoms with E-state index < -0.39 is 5.60 Å². The van der Waals surface area contributed by atoms with E-state index in [-0.39, 0.29) is 5.91 Å². The van der Waals surface area contributed by atoms with Crippen LogP contribution in [-0.4, -0.2) is 80.4 Å². The number of hydrogen-bond acceptors (Lipinski definition) is 6. The molecule has 0 saturated carbocycles. The molecule has 2 heterocycles. The normalized spacial score (nSPS) is 21.0. The number of aryl methyl sites for hydroxylation is 1. The van der Waals surface area contributed by atoms with Crippen LogP contribution >= 0.6 is 0 Å². The minimum absolute atomic E-state index is 0.0216. The number of carbonyl (C=O) groups excluding carboxylic acids is 1. The maximum atomic E-state index is 13.0. The first-order valence-electron chi connectivity index (χ1n) is 8.90. The van der Waals surface area contributed by atoms with Crippen molar-refractivity contribution in [2.75, 3.05) is 33.7 Å². The van der Waals surface area contributed by atoms with Gasteiger partial charge in [-0.25, -0.2) is 0 Å². The third kappa shape index (κ3) is 4.08. The zero-order valence-corrected chi connectivity index (χ0v) is 15.6. The smallest absolute Gasteiger partial charge is 0.253 e. The fraction of sp³-hybridized carbons (Fsp3) is 0.556. The lowest BCUT2D eigenvalue weighted by Crippen LogP contribution is -2.41. The number of nitrogens with zero attached hydrogens (tertiary/aromatic N) is 6. The lowest BCUT2D eigenvalue weighted by Gasteiger charge is -2.30. The molecule has 26 heavy (non-hydrogen) atoms. The van der Waals surface area contributed by atoms with Gasteiger partial charge in [0.15, 0.2) is 5.82 Å². The van der Waals surface area contributed by atoms with Crippen LogP contribution in [0.25, 0.3) is 5.69 Å². The zero-order valence-electron chi connectivity index (χ0n) is 15.6. The second-order valence-corrected chi connectivity index (χ2v) is 7.30. The van der Waals surface area contributed by atoms with Crippen LogP contribution in [0.2, 0.25) is 0 Å². The predicted molar refractivity (Wildman–Crippen MR) is 97.1 cm³/mol. The molecule has 0 bridgehead atoms. The predicted octanol–water partition coefficient (Wildman–Crippen LogP) is 0.890. The summed E-state index contributed by atoms with van der Waals surface area (Å²) in [5, 5.41) is 22.3. The Morgan fingerprint density at radius 3 is 2.81 bits per heavy atom. The van der Waals surface area contributed by atoms with E-state index in [0.29, 0.717) is 43.9 Å². The molecule has 2 aromatic rings. The van der Waals surface area contributed by atoms with Gasteiger partial charge in [0.25, 0.3) is 5.91 Å². The van der Waals surface area contributed by atoms with Gasteiger partial charge in [-0.3, -0.25) is 4.79 Å². The molecular weight excluding hydrogens is 332 g/mol. The molecule has 1 amide bonds. The van der Waals surface area contributed by atoms with E-state index in [4.69, 9.17) is 0 Å². The van der Waals surface area contributed by atoms with Crippen molar-refractivity contribution in [2.45, 2.75) is 31.8 Å². The molecule has 8 heteroatoms. The van der Waals surface area contributed by atoms with Gasteiger partial charge < -0.3 is 14.9 Å². The molecule has 1 N–H and O–H groups in total. The molecule has 8 nitrogen and oxygen atoms in total. The van der Waals surface area contributed by atoms with Crippen molar-refractivity contribution in [1.29, 1.82) is 0 Å². The largest absolute Gasteiger partial charge is 0.388 e. The Labute approximate surface area is 153 Å². The maximum absolute atomic E-state index is 13.0. The summed E-state index contributed by atoms with van der Waals surface area (Å²) in [7, 11) is 3.91. The molecule has 140 valence electrons. The van der Waals surface area contributed by atoms with E-state index in [1.165, 1.54) is 0 Å². The van der Waals surface area contributed by atoms with Crippen LogP contribution in [0.4, 0.5) is 0 Å². The van der Waals surface area contributed by atoms with Gasteiger partial charge in [-0.1, -0.05) is 6.07 Å². The van der Waals surface area contributed by atoms with Crippen molar-refractivity contribution in [3.63, 3.8) is 0 Å². The molecule has 1 fully saturated rings. The van der Waals surface area contributed by atoms with Crippen molar-refractivity contribution in [3.8, 4) is 5.69 Å². The number of amides is 1. The molecule has 3 rings (SSSR count). The number of tetrazole rings is 1. The second kappa shape index (κ2) is 7.51. The van der Waals surface area contributed by atoms with Crippen molar-refractivity contribution in [3.05, 3.63) is 35.7 Å². The highest BCUT2D eigenvalue weighted by Crippen LogP contribution is 2.24. The first-order valence-corrected chi connectivity index (χ1v) is 8.90. The lowest BCUT2D eigenvalue weighted by atomic mass is 9.94. The fourth-order valence-corrected chi connectivity index (χ4v) is 3.55. The van der Waals surface area contributed by atoms with Gasteiger partial charge in [0, 0.05) is 25.2 Å². The highest BCUT2D eigenvalue weighted by molar-refractivity contribution is 5.94. The van der Waals surface area contributed by atoms with E-state index in [1.807, 2.05) is 55.1 Å². The molecule has 1 saturated heterocycles. The Bertz CT molecular complexity index is 775. The minimum Gasteiger partial charge on any atom is -0.388 e. The van der Waals surface area contributed by atoms with Gasteiger partial charge in [-0.15, -0.1) is 5.10 Å². The molecule has 1 aromatic carbocycles. The van der Waals surface area contributed by atoms with Gasteiger partial charge in [0.2, 0.25) is 0 Å². The van der Waals surface area contributed by atoms with Crippen LogP contribution < -0.4 is 0 Å². The quantitative estimate of drug-likeness (QED) is 0.873. The second-order valence-electron chi connectivity index (χ2n) is 7.30. The number of likely N-dealkylation sites (N-methyl/N-ethyl adjacent to an activating group) is 1. The Morgan fingerprint density at radius 2 is 2.12 bits per heavy atom. The number of aliphatic hydroxyl groups is 1. The van der Waals surface area contributed by atoms with Gasteiger partial charge in [0.05, 0.1) is 11.3 Å². The first-order chi connectivity index (χ1) is 12.4. The molecular formula is C18H26N6O2. The average Bonchev–Trinajstić information content (AvgIpc) is 2.93. The molecule has 0 aliphatic carbocycles. The summed E-state index contributed by atoms with van der Waals surface area (Å²) in [5.74, 6) is 0.643. The summed E-state index contributed by atoms with van der Waals surface area (Å²) >= 11 is 0. The average molecular weight is 358 g/mol. The number of hydrogen-bond donors (Lipinski definition) is 1. The monoisotopic (exact) mass is 358 g/mol. The highest BCUT2D eigenvalue weighted by atomic mass is 16.3. The van der Waals surface area contributed by atoms with Gasteiger partial charge in [-0.2, -0.15) is 4.68 Å². The molecule has 1 atom stereocenters. The van der Waals surface area contributed by atoms with E-state index >= 15 is 0 Å². The van der Waals surface area contributed by atoms with Crippen molar-refractivity contribution in [2.24, 2.45) is 0 Å². The number of carbonyl (C=O) groups is 1. The number of likely N-dealkylation sites (tertiary alicyclic amines) is 1. The highest BCUT2D eigenvalue weighted by Gasteiger charge is 2.32. The standard InChI is InChI=1S/C18H26N6O2/c1-14-19-20-21-24(14)16-7-4-6-15(12-16)17(25)23-10-5-8-18(26,9-11-23)13-22(2)3/h4,6-7,12,26H,5,8-11,13H2,1-3H3. The Kier molecular flexibility index (Phi) is 5.33. The van der Waals surface area contributed by atoms with Crippen molar-refractivity contribution >= 4 is 5.91 Å². The van der Waals surface area contributed by atoms with Crippen LogP contribution in [0, 0.1) is 6.92 Å². The Balaban J connectivity index is 1.75. The van der Waals surface area contributed by atoms with Crippen molar-refractivity contribution in [1.82, 2.24) is 30.0 Å². The SMILES string of the molecule is Cc1nnnn1-c1cccc(C(=O)N2CCCC(O)(CN(C)C)CC2)c1. The third-order valence-electron chi connectivity index (χ3n) is 4.78. The van der Waals surface area contributed by atoms with Crippen LogP contribution in [-0.2, 0) is 0 Å². The van der Waals surface area contributed by atoms with E-state index in [1.54, 1.807) is 4.68 Å². The van der Waals surface area contributed by atoms with Crippen LogP contribution in [0.5, 0.6) is 0 Å². The topological polar surface area (TPSA) is 87.4 Å². The van der Waals surface area contributed by atoms with Crippen LogP contribution in [0.1, 0.15) is 35.4 Å².